The minimum absolute atomic E-state index is 0.275. The van der Waals surface area contributed by atoms with Gasteiger partial charge in [-0.3, -0.25) is 4.99 Å². The molecule has 0 saturated carbocycles. The third-order valence-corrected chi connectivity index (χ3v) is 4.10. The Kier molecular flexibility index (Phi) is 3.49. The number of nitrogens with two attached hydrogens (primary N) is 1. The molecule has 1 aromatic carbocycles. The van der Waals surface area contributed by atoms with Gasteiger partial charge in [-0.25, -0.2) is 0 Å². The number of aliphatic imine (C=N–C) groups is 1. The fourth-order valence-electron chi connectivity index (χ4n) is 2.83. The van der Waals surface area contributed by atoms with Crippen LogP contribution in [0.1, 0.15) is 18.9 Å². The third-order valence-electron chi connectivity index (χ3n) is 4.10. The predicted molar refractivity (Wildman–Crippen MR) is 82.8 cm³/mol. The van der Waals surface area contributed by atoms with Crippen molar-refractivity contribution in [2.45, 2.75) is 18.9 Å². The lowest BCUT2D eigenvalue weighted by atomic mass is 9.90. The average molecular weight is 287 g/mol. The SMILES string of the molecule is C=CCN1C(N)=NCC1(C)c1ccc2c(c1)OCCCO2. The molecule has 0 aromatic heterocycles. The highest BCUT2D eigenvalue weighted by Crippen LogP contribution is 2.38. The van der Waals surface area contributed by atoms with Crippen molar-refractivity contribution in [1.29, 1.82) is 0 Å². The Morgan fingerprint density at radius 1 is 1.38 bits per heavy atom. The zero-order chi connectivity index (χ0) is 14.9. The number of hydrogen-bond donors (Lipinski definition) is 1. The van der Waals surface area contributed by atoms with Crippen LogP contribution in [0.25, 0.3) is 0 Å². The zero-order valence-electron chi connectivity index (χ0n) is 12.3. The van der Waals surface area contributed by atoms with E-state index in [9.17, 15) is 0 Å². The standard InChI is InChI=1S/C16H21N3O2/c1-3-7-19-15(17)18-11-16(19,2)12-5-6-13-14(10-12)21-9-4-8-20-13/h3,5-6,10H,1,4,7-9,11H2,2H3,(H2,17,18). The van der Waals surface area contributed by atoms with E-state index in [1.54, 1.807) is 0 Å². The zero-order valence-corrected chi connectivity index (χ0v) is 12.3. The number of rotatable bonds is 3. The molecule has 21 heavy (non-hydrogen) atoms. The van der Waals surface area contributed by atoms with Gasteiger partial charge in [-0.15, -0.1) is 6.58 Å². The molecule has 2 heterocycles. The van der Waals surface area contributed by atoms with Crippen molar-refractivity contribution in [1.82, 2.24) is 4.90 Å². The topological polar surface area (TPSA) is 60.1 Å². The van der Waals surface area contributed by atoms with E-state index < -0.39 is 0 Å². The van der Waals surface area contributed by atoms with Gasteiger partial charge in [0.1, 0.15) is 0 Å². The van der Waals surface area contributed by atoms with Gasteiger partial charge in [-0.1, -0.05) is 12.1 Å². The van der Waals surface area contributed by atoms with Gasteiger partial charge in [-0.2, -0.15) is 0 Å². The van der Waals surface area contributed by atoms with Gasteiger partial charge in [0.05, 0.1) is 25.3 Å². The highest BCUT2D eigenvalue weighted by molar-refractivity contribution is 5.81. The smallest absolute Gasteiger partial charge is 0.192 e. The van der Waals surface area contributed by atoms with E-state index in [1.807, 2.05) is 18.2 Å². The Bertz CT molecular complexity index is 585. The molecule has 0 radical (unpaired) electrons. The molecule has 0 saturated heterocycles. The quantitative estimate of drug-likeness (QED) is 0.862. The number of ether oxygens (including phenoxy) is 2. The van der Waals surface area contributed by atoms with E-state index in [4.69, 9.17) is 15.2 Å². The van der Waals surface area contributed by atoms with Gasteiger partial charge in [0.25, 0.3) is 0 Å². The first-order valence-corrected chi connectivity index (χ1v) is 7.24. The molecule has 0 aliphatic carbocycles. The Labute approximate surface area is 125 Å². The molecule has 0 fully saturated rings. The largest absolute Gasteiger partial charge is 0.490 e. The van der Waals surface area contributed by atoms with E-state index in [-0.39, 0.29) is 5.54 Å². The van der Waals surface area contributed by atoms with E-state index in [1.165, 1.54) is 0 Å². The fraction of sp³-hybridized carbons (Fsp3) is 0.438. The summed E-state index contributed by atoms with van der Waals surface area (Å²) in [5, 5.41) is 0. The van der Waals surface area contributed by atoms with Crippen LogP contribution in [-0.2, 0) is 5.54 Å². The van der Waals surface area contributed by atoms with Gasteiger partial charge in [0.15, 0.2) is 17.5 Å². The lowest BCUT2D eigenvalue weighted by Crippen LogP contribution is -2.47. The van der Waals surface area contributed by atoms with Crippen LogP contribution < -0.4 is 15.2 Å². The van der Waals surface area contributed by atoms with E-state index in [2.05, 4.69) is 29.5 Å². The van der Waals surface area contributed by atoms with Gasteiger partial charge in [0.2, 0.25) is 0 Å². The molecule has 0 spiro atoms. The molecule has 112 valence electrons. The Morgan fingerprint density at radius 2 is 2.14 bits per heavy atom. The van der Waals surface area contributed by atoms with Crippen molar-refractivity contribution in [3.05, 3.63) is 36.4 Å². The number of guanidine groups is 1. The van der Waals surface area contributed by atoms with Crippen LogP contribution in [0, 0.1) is 0 Å². The maximum Gasteiger partial charge on any atom is 0.192 e. The molecule has 0 bridgehead atoms. The number of benzene rings is 1. The van der Waals surface area contributed by atoms with Crippen LogP contribution in [0.4, 0.5) is 0 Å². The predicted octanol–water partition coefficient (Wildman–Crippen LogP) is 1.88. The van der Waals surface area contributed by atoms with Crippen LogP contribution in [0.3, 0.4) is 0 Å². The maximum atomic E-state index is 6.01. The van der Waals surface area contributed by atoms with Crippen LogP contribution in [0.15, 0.2) is 35.8 Å². The Hall–Kier alpha value is -2.17. The van der Waals surface area contributed by atoms with Gasteiger partial charge >= 0.3 is 0 Å². The second-order valence-corrected chi connectivity index (χ2v) is 5.56. The summed E-state index contributed by atoms with van der Waals surface area (Å²) in [6, 6.07) is 6.09. The number of nitrogens with zero attached hydrogens (tertiary/aromatic N) is 2. The van der Waals surface area contributed by atoms with Crippen molar-refractivity contribution in [3.63, 3.8) is 0 Å². The second kappa shape index (κ2) is 5.31. The van der Waals surface area contributed by atoms with Crippen molar-refractivity contribution >= 4 is 5.96 Å². The van der Waals surface area contributed by atoms with E-state index >= 15 is 0 Å². The Balaban J connectivity index is 1.96. The van der Waals surface area contributed by atoms with Gasteiger partial charge in [0, 0.05) is 13.0 Å². The molecule has 1 atom stereocenters. The molecule has 5 nitrogen and oxygen atoms in total. The summed E-state index contributed by atoms with van der Waals surface area (Å²) in [4.78, 5) is 6.47. The monoisotopic (exact) mass is 287 g/mol. The van der Waals surface area contributed by atoms with Gasteiger partial charge in [-0.05, 0) is 24.6 Å². The first-order valence-electron chi connectivity index (χ1n) is 7.24. The van der Waals surface area contributed by atoms with Crippen molar-refractivity contribution < 1.29 is 9.47 Å². The molecule has 2 aliphatic rings. The minimum Gasteiger partial charge on any atom is -0.490 e. The van der Waals surface area contributed by atoms with Crippen LogP contribution in [0.2, 0.25) is 0 Å². The molecule has 3 rings (SSSR count). The molecule has 1 unspecified atom stereocenters. The second-order valence-electron chi connectivity index (χ2n) is 5.56. The summed E-state index contributed by atoms with van der Waals surface area (Å²) in [7, 11) is 0. The van der Waals surface area contributed by atoms with Gasteiger partial charge < -0.3 is 20.1 Å². The van der Waals surface area contributed by atoms with Crippen LogP contribution in [0.5, 0.6) is 11.5 Å². The summed E-state index contributed by atoms with van der Waals surface area (Å²) in [5.41, 5.74) is 6.86. The summed E-state index contributed by atoms with van der Waals surface area (Å²) in [6.45, 7) is 8.62. The molecular formula is C16H21N3O2. The highest BCUT2D eigenvalue weighted by atomic mass is 16.5. The summed E-state index contributed by atoms with van der Waals surface area (Å²) < 4.78 is 11.5. The first kappa shape index (κ1) is 13.8. The maximum absolute atomic E-state index is 6.01. The average Bonchev–Trinajstić information content (AvgIpc) is 2.69. The lowest BCUT2D eigenvalue weighted by molar-refractivity contribution is 0.243. The number of fused-ring (bicyclic) bond motifs is 1. The molecule has 1 aromatic rings. The van der Waals surface area contributed by atoms with Crippen LogP contribution >= 0.6 is 0 Å². The minimum atomic E-state index is -0.275. The highest BCUT2D eigenvalue weighted by Gasteiger charge is 2.39. The molecule has 2 N–H and O–H groups in total. The van der Waals surface area contributed by atoms with E-state index in [0.29, 0.717) is 32.3 Å². The van der Waals surface area contributed by atoms with E-state index in [0.717, 1.165) is 23.5 Å². The first-order chi connectivity index (χ1) is 10.1. The molecular weight excluding hydrogens is 266 g/mol. The number of hydrogen-bond acceptors (Lipinski definition) is 5. The lowest BCUT2D eigenvalue weighted by Gasteiger charge is -2.36. The normalized spacial score (nSPS) is 24.4. The van der Waals surface area contributed by atoms with Crippen molar-refractivity contribution in [2.24, 2.45) is 10.7 Å². The van der Waals surface area contributed by atoms with Crippen LogP contribution in [-0.4, -0.2) is 37.2 Å². The summed E-state index contributed by atoms with van der Waals surface area (Å²) in [6.07, 6.45) is 2.74. The third kappa shape index (κ3) is 2.33. The summed E-state index contributed by atoms with van der Waals surface area (Å²) in [5.74, 6) is 2.17. The van der Waals surface area contributed by atoms with Crippen molar-refractivity contribution in [3.8, 4) is 11.5 Å². The Morgan fingerprint density at radius 3 is 2.90 bits per heavy atom. The molecule has 0 amide bonds. The molecule has 5 heteroatoms. The van der Waals surface area contributed by atoms with Crippen molar-refractivity contribution in [2.75, 3.05) is 26.3 Å². The molecule has 2 aliphatic heterocycles. The fourth-order valence-corrected chi connectivity index (χ4v) is 2.83. The summed E-state index contributed by atoms with van der Waals surface area (Å²) >= 11 is 0.